The smallest absolute Gasteiger partial charge is 0.307 e. The molecule has 232 valence electrons. The van der Waals surface area contributed by atoms with Crippen LogP contribution >= 0.6 is 0 Å². The van der Waals surface area contributed by atoms with Gasteiger partial charge in [-0.1, -0.05) is 18.2 Å². The number of carboxylic acids is 1. The molecule has 0 radical (unpaired) electrons. The number of hydrogen-bond donors (Lipinski definition) is 1. The third kappa shape index (κ3) is 5.52. The van der Waals surface area contributed by atoms with Gasteiger partial charge in [-0.05, 0) is 69.4 Å². The summed E-state index contributed by atoms with van der Waals surface area (Å²) in [4.78, 5) is 19.5. The second kappa shape index (κ2) is 11.8. The molecule has 5 heterocycles. The van der Waals surface area contributed by atoms with E-state index < -0.39 is 17.6 Å². The number of halogens is 2. The summed E-state index contributed by atoms with van der Waals surface area (Å²) in [6.07, 6.45) is 1.41. The molecule has 3 aliphatic heterocycles. The summed E-state index contributed by atoms with van der Waals surface area (Å²) in [7, 11) is 0. The predicted molar refractivity (Wildman–Crippen MR) is 164 cm³/mol. The molecule has 0 spiro atoms. The lowest BCUT2D eigenvalue weighted by Crippen LogP contribution is -2.45. The van der Waals surface area contributed by atoms with Gasteiger partial charge in [0.25, 0.3) is 0 Å². The minimum atomic E-state index is -0.992. The molecule has 1 fully saturated rings. The van der Waals surface area contributed by atoms with Gasteiger partial charge in [0.15, 0.2) is 11.6 Å². The van der Waals surface area contributed by atoms with E-state index in [1.54, 1.807) is 0 Å². The van der Waals surface area contributed by atoms with Crippen molar-refractivity contribution in [1.82, 2.24) is 9.38 Å². The number of carboxylic acid groups (broad SMARTS) is 1. The molecule has 0 amide bonds. The van der Waals surface area contributed by atoms with Crippen LogP contribution in [0.15, 0.2) is 36.4 Å². The zero-order valence-electron chi connectivity index (χ0n) is 25.5. The molecule has 0 atom stereocenters. The van der Waals surface area contributed by atoms with E-state index in [4.69, 9.17) is 19.2 Å². The van der Waals surface area contributed by atoms with Crippen LogP contribution in [0, 0.1) is 32.4 Å². The number of aryl methyl sites for hydroxylation is 2. The van der Waals surface area contributed by atoms with E-state index in [9.17, 15) is 18.7 Å². The summed E-state index contributed by atoms with van der Waals surface area (Å²) in [5.74, 6) is -1.80. The number of imidazole rings is 1. The first kappa shape index (κ1) is 30.0. The zero-order valence-corrected chi connectivity index (χ0v) is 25.5. The summed E-state index contributed by atoms with van der Waals surface area (Å²) >= 11 is 0. The summed E-state index contributed by atoms with van der Waals surface area (Å²) < 4.78 is 48.8. The Morgan fingerprint density at radius 1 is 0.977 bits per heavy atom. The largest absolute Gasteiger partial charge is 0.490 e. The Bertz CT molecular complexity index is 1740. The Morgan fingerprint density at radius 3 is 2.43 bits per heavy atom. The molecule has 2 aromatic heterocycles. The summed E-state index contributed by atoms with van der Waals surface area (Å²) in [6.45, 7) is 10.6. The summed E-state index contributed by atoms with van der Waals surface area (Å²) in [5, 5.41) is 9.92. The first-order chi connectivity index (χ1) is 21.1. The lowest BCUT2D eigenvalue weighted by Gasteiger charge is -2.41. The molecule has 7 rings (SSSR count). The van der Waals surface area contributed by atoms with Gasteiger partial charge in [-0.15, -0.1) is 0 Å². The number of benzene rings is 2. The molecule has 0 unspecified atom stereocenters. The van der Waals surface area contributed by atoms with E-state index in [2.05, 4.69) is 16.2 Å². The highest BCUT2D eigenvalue weighted by atomic mass is 19.2. The van der Waals surface area contributed by atoms with Crippen LogP contribution in [-0.4, -0.2) is 65.6 Å². The van der Waals surface area contributed by atoms with Crippen molar-refractivity contribution in [1.29, 1.82) is 0 Å². The van der Waals surface area contributed by atoms with Crippen molar-refractivity contribution in [3.8, 4) is 28.1 Å². The quantitative estimate of drug-likeness (QED) is 0.269. The van der Waals surface area contributed by atoms with Crippen LogP contribution in [0.1, 0.15) is 42.1 Å². The Balaban J connectivity index is 1.56. The molecular weight excluding hydrogens is 568 g/mol. The molecule has 2 aromatic carbocycles. The number of nitrogens with zero attached hydrogens (tertiary/aromatic N) is 3. The van der Waals surface area contributed by atoms with Gasteiger partial charge in [0.05, 0.1) is 37.5 Å². The van der Waals surface area contributed by atoms with Gasteiger partial charge in [0.2, 0.25) is 0 Å². The van der Waals surface area contributed by atoms with Crippen molar-refractivity contribution >= 4 is 17.4 Å². The molecule has 10 heteroatoms. The van der Waals surface area contributed by atoms with E-state index in [1.807, 2.05) is 45.0 Å². The second-order valence-corrected chi connectivity index (χ2v) is 11.9. The molecule has 0 saturated carbocycles. The van der Waals surface area contributed by atoms with Crippen molar-refractivity contribution in [3.05, 3.63) is 70.4 Å². The number of rotatable bonds is 2. The lowest BCUT2D eigenvalue weighted by atomic mass is 9.92. The third-order valence-corrected chi connectivity index (χ3v) is 9.02. The fraction of sp³-hybridized carbons (Fsp3) is 0.412. The number of piperidine rings is 1. The van der Waals surface area contributed by atoms with Crippen LogP contribution in [0.2, 0.25) is 0 Å². The third-order valence-electron chi connectivity index (χ3n) is 9.02. The van der Waals surface area contributed by atoms with Crippen LogP contribution < -0.4 is 9.64 Å². The van der Waals surface area contributed by atoms with Gasteiger partial charge in [0.1, 0.15) is 23.8 Å². The van der Waals surface area contributed by atoms with Gasteiger partial charge in [0, 0.05) is 41.5 Å². The van der Waals surface area contributed by atoms with Crippen molar-refractivity contribution in [2.75, 3.05) is 44.4 Å². The summed E-state index contributed by atoms with van der Waals surface area (Å²) in [5.41, 5.74) is 6.43. The predicted octanol–water partition coefficient (Wildman–Crippen LogP) is 6.28. The van der Waals surface area contributed by atoms with E-state index in [0.29, 0.717) is 37.4 Å². The maximum atomic E-state index is 14.5. The normalized spacial score (nSPS) is 17.0. The number of aromatic nitrogens is 2. The highest BCUT2D eigenvalue weighted by molar-refractivity contribution is 5.81. The van der Waals surface area contributed by atoms with Crippen LogP contribution in [0.25, 0.3) is 28.0 Å². The van der Waals surface area contributed by atoms with Gasteiger partial charge in [-0.3, -0.25) is 9.20 Å². The van der Waals surface area contributed by atoms with E-state index >= 15 is 0 Å². The molecule has 3 aliphatic rings. The van der Waals surface area contributed by atoms with Crippen LogP contribution in [0.3, 0.4) is 0 Å². The fourth-order valence-electron chi connectivity index (χ4n) is 6.38. The number of pyridine rings is 1. The van der Waals surface area contributed by atoms with Crippen molar-refractivity contribution in [2.24, 2.45) is 0 Å². The topological polar surface area (TPSA) is 85.5 Å². The number of fused-ring (bicyclic) bond motifs is 8. The maximum absolute atomic E-state index is 14.5. The monoisotopic (exact) mass is 605 g/mol. The van der Waals surface area contributed by atoms with Crippen molar-refractivity contribution < 1.29 is 32.9 Å². The Hall–Kier alpha value is -4.02. The number of carbonyl (C=O) groups is 1. The molecule has 44 heavy (non-hydrogen) atoms. The minimum absolute atomic E-state index is 0.110. The maximum Gasteiger partial charge on any atom is 0.307 e. The first-order valence-corrected chi connectivity index (χ1v) is 15.0. The molecule has 1 saturated heterocycles. The summed E-state index contributed by atoms with van der Waals surface area (Å²) in [6, 6.07) is 9.72. The van der Waals surface area contributed by atoms with Crippen LogP contribution in [-0.2, 0) is 20.7 Å². The Morgan fingerprint density at radius 2 is 1.68 bits per heavy atom. The van der Waals surface area contributed by atoms with Crippen LogP contribution in [0.4, 0.5) is 14.6 Å². The van der Waals surface area contributed by atoms with Crippen molar-refractivity contribution in [2.45, 2.75) is 52.6 Å². The second-order valence-electron chi connectivity index (χ2n) is 11.9. The highest BCUT2D eigenvalue weighted by Gasteiger charge is 2.34. The van der Waals surface area contributed by atoms with E-state index in [0.717, 1.165) is 70.1 Å². The Labute approximate surface area is 255 Å². The van der Waals surface area contributed by atoms with Gasteiger partial charge >= 0.3 is 5.97 Å². The molecule has 0 aliphatic carbocycles. The van der Waals surface area contributed by atoms with Crippen molar-refractivity contribution in [3.63, 3.8) is 0 Å². The van der Waals surface area contributed by atoms with E-state index in [1.165, 1.54) is 0 Å². The SMILES string of the molecule is Cc1c(CC(=O)O)c2n3c(C)c(nc3c1C)-c1cccc(c1)-c1cc(F)c(F)cc1OCCOCCOC1(C)CCN2CC1. The highest BCUT2D eigenvalue weighted by Crippen LogP contribution is 2.39. The zero-order chi connectivity index (χ0) is 31.2. The van der Waals surface area contributed by atoms with E-state index in [-0.39, 0.29) is 31.0 Å². The molecule has 6 bridgehead atoms. The number of hydrogen-bond acceptors (Lipinski definition) is 6. The molecule has 4 aromatic rings. The molecule has 1 N–H and O–H groups in total. The van der Waals surface area contributed by atoms with Gasteiger partial charge < -0.3 is 24.2 Å². The number of ether oxygens (including phenoxy) is 3. The molecule has 8 nitrogen and oxygen atoms in total. The molecular formula is C34H37F2N3O5. The standard InChI is InChI=1S/C34H37F2N3O5/c1-20-21(2)32-37-31-22(3)39(32)33(25(20)18-30(40)41)38-10-8-34(4,9-11-38)44-15-13-42-12-14-43-29-19-28(36)27(35)17-26(29)23-6-5-7-24(31)16-23/h5-7,16-17,19H,8-15,18H2,1-4H3,(H,40,41). The average Bonchev–Trinajstić information content (AvgIpc) is 3.34. The first-order valence-electron chi connectivity index (χ1n) is 15.0. The number of aliphatic carboxylic acids is 1. The van der Waals surface area contributed by atoms with Gasteiger partial charge in [-0.2, -0.15) is 0 Å². The lowest BCUT2D eigenvalue weighted by molar-refractivity contribution is -0.136. The van der Waals surface area contributed by atoms with Gasteiger partial charge in [-0.25, -0.2) is 13.8 Å². The fourth-order valence-corrected chi connectivity index (χ4v) is 6.38. The average molecular weight is 606 g/mol. The minimum Gasteiger partial charge on any atom is -0.490 e. The Kier molecular flexibility index (Phi) is 8.06. The number of anilines is 1. The van der Waals surface area contributed by atoms with Crippen LogP contribution in [0.5, 0.6) is 5.75 Å².